The van der Waals surface area contributed by atoms with Gasteiger partial charge in [-0.15, -0.1) is 0 Å². The van der Waals surface area contributed by atoms with Crippen LogP contribution in [0.2, 0.25) is 0 Å². The molecule has 0 bridgehead atoms. The molecule has 1 aliphatic rings. The standard InChI is InChI=1S/C8H10N2/c1-2-7-10(6-1)9-8-4-3-5-8/h1-2,6-7H,3-5H2. The molecule has 10 heavy (non-hydrogen) atoms. The molecule has 0 unspecified atom stereocenters. The molecular weight excluding hydrogens is 124 g/mol. The van der Waals surface area contributed by atoms with Crippen molar-refractivity contribution in [3.8, 4) is 0 Å². The van der Waals surface area contributed by atoms with Crippen LogP contribution in [0.4, 0.5) is 0 Å². The molecule has 52 valence electrons. The minimum atomic E-state index is 1.19. The third-order valence-electron chi connectivity index (χ3n) is 1.78. The van der Waals surface area contributed by atoms with Crippen molar-refractivity contribution in [3.63, 3.8) is 0 Å². The third-order valence-corrected chi connectivity index (χ3v) is 1.78. The Morgan fingerprint density at radius 2 is 1.90 bits per heavy atom. The third kappa shape index (κ3) is 0.967. The second kappa shape index (κ2) is 2.29. The Balaban J connectivity index is 2.15. The van der Waals surface area contributed by atoms with E-state index < -0.39 is 0 Å². The van der Waals surface area contributed by atoms with E-state index in [4.69, 9.17) is 0 Å². The fraction of sp³-hybridized carbons (Fsp3) is 0.375. The molecule has 2 rings (SSSR count). The van der Waals surface area contributed by atoms with Crippen molar-refractivity contribution in [1.29, 1.82) is 0 Å². The van der Waals surface area contributed by atoms with Crippen LogP contribution in [0.1, 0.15) is 19.3 Å². The molecule has 0 amide bonds. The van der Waals surface area contributed by atoms with E-state index in [-0.39, 0.29) is 0 Å². The fourth-order valence-electron chi connectivity index (χ4n) is 0.990. The number of hydrogen-bond donors (Lipinski definition) is 0. The van der Waals surface area contributed by atoms with Crippen LogP contribution in [0, 0.1) is 0 Å². The zero-order chi connectivity index (χ0) is 6.81. The summed E-state index contributed by atoms with van der Waals surface area (Å²) in [4.78, 5) is 0. The maximum absolute atomic E-state index is 4.36. The summed E-state index contributed by atoms with van der Waals surface area (Å²) in [6, 6.07) is 3.98. The molecule has 1 aromatic rings. The number of nitrogens with zero attached hydrogens (tertiary/aromatic N) is 2. The van der Waals surface area contributed by atoms with E-state index in [1.165, 1.54) is 25.0 Å². The molecular formula is C8H10N2. The topological polar surface area (TPSA) is 17.3 Å². The van der Waals surface area contributed by atoms with Gasteiger partial charge in [-0.25, -0.2) is 4.68 Å². The Labute approximate surface area is 60.2 Å². The number of hydrogen-bond acceptors (Lipinski definition) is 1. The molecule has 0 aromatic carbocycles. The molecule has 0 aliphatic heterocycles. The van der Waals surface area contributed by atoms with Gasteiger partial charge in [0, 0.05) is 18.1 Å². The lowest BCUT2D eigenvalue weighted by atomic mass is 9.98. The van der Waals surface area contributed by atoms with Crippen molar-refractivity contribution in [2.75, 3.05) is 0 Å². The van der Waals surface area contributed by atoms with E-state index in [0.717, 1.165) is 0 Å². The average Bonchev–Trinajstić information content (AvgIpc) is 2.29. The van der Waals surface area contributed by atoms with Gasteiger partial charge < -0.3 is 0 Å². The van der Waals surface area contributed by atoms with Crippen molar-refractivity contribution in [2.24, 2.45) is 5.10 Å². The van der Waals surface area contributed by atoms with Crippen molar-refractivity contribution in [2.45, 2.75) is 19.3 Å². The van der Waals surface area contributed by atoms with Gasteiger partial charge in [-0.05, 0) is 31.4 Å². The van der Waals surface area contributed by atoms with Gasteiger partial charge in [0.25, 0.3) is 0 Å². The zero-order valence-electron chi connectivity index (χ0n) is 5.83. The first-order valence-corrected chi connectivity index (χ1v) is 3.65. The Bertz CT molecular complexity index is 228. The Morgan fingerprint density at radius 3 is 2.40 bits per heavy atom. The quantitative estimate of drug-likeness (QED) is 0.558. The molecule has 2 heteroatoms. The Kier molecular flexibility index (Phi) is 1.31. The fourth-order valence-corrected chi connectivity index (χ4v) is 0.990. The maximum Gasteiger partial charge on any atom is 0.0389 e. The van der Waals surface area contributed by atoms with Crippen LogP contribution in [0.25, 0.3) is 0 Å². The lowest BCUT2D eigenvalue weighted by molar-refractivity contribution is 0.758. The molecule has 0 atom stereocenters. The summed E-state index contributed by atoms with van der Waals surface area (Å²) in [5.74, 6) is 0. The molecule has 0 N–H and O–H groups in total. The molecule has 0 spiro atoms. The second-order valence-electron chi connectivity index (χ2n) is 2.58. The smallest absolute Gasteiger partial charge is 0.0389 e. The molecule has 1 aromatic heterocycles. The molecule has 2 nitrogen and oxygen atoms in total. The highest BCUT2D eigenvalue weighted by Gasteiger charge is 2.09. The van der Waals surface area contributed by atoms with Crippen molar-refractivity contribution in [3.05, 3.63) is 24.5 Å². The molecule has 1 aliphatic carbocycles. The van der Waals surface area contributed by atoms with Gasteiger partial charge >= 0.3 is 0 Å². The number of rotatable bonds is 1. The zero-order valence-corrected chi connectivity index (χ0v) is 5.83. The van der Waals surface area contributed by atoms with Crippen LogP contribution in [-0.2, 0) is 0 Å². The van der Waals surface area contributed by atoms with Crippen LogP contribution in [0.15, 0.2) is 29.6 Å². The SMILES string of the molecule is c1ccn(N=C2CCC2)c1. The van der Waals surface area contributed by atoms with E-state index in [9.17, 15) is 0 Å². The highest BCUT2D eigenvalue weighted by atomic mass is 15.3. The summed E-state index contributed by atoms with van der Waals surface area (Å²) in [5, 5.41) is 4.36. The highest BCUT2D eigenvalue weighted by Crippen LogP contribution is 2.14. The first-order valence-electron chi connectivity index (χ1n) is 3.65. The molecule has 0 radical (unpaired) electrons. The van der Waals surface area contributed by atoms with E-state index in [1.807, 2.05) is 29.2 Å². The summed E-state index contributed by atoms with van der Waals surface area (Å²) in [7, 11) is 0. The molecule has 0 saturated heterocycles. The summed E-state index contributed by atoms with van der Waals surface area (Å²) in [6.07, 6.45) is 7.63. The van der Waals surface area contributed by atoms with Gasteiger partial charge in [-0.2, -0.15) is 5.10 Å². The minimum Gasteiger partial charge on any atom is -0.248 e. The monoisotopic (exact) mass is 134 g/mol. The van der Waals surface area contributed by atoms with E-state index >= 15 is 0 Å². The van der Waals surface area contributed by atoms with Gasteiger partial charge in [0.1, 0.15) is 0 Å². The lowest BCUT2D eigenvalue weighted by Crippen LogP contribution is -2.10. The van der Waals surface area contributed by atoms with Crippen molar-refractivity contribution >= 4 is 5.71 Å². The van der Waals surface area contributed by atoms with Gasteiger partial charge in [0.2, 0.25) is 0 Å². The molecule has 1 saturated carbocycles. The van der Waals surface area contributed by atoms with Gasteiger partial charge in [0.05, 0.1) is 0 Å². The van der Waals surface area contributed by atoms with E-state index in [0.29, 0.717) is 0 Å². The van der Waals surface area contributed by atoms with Gasteiger partial charge in [-0.3, -0.25) is 0 Å². The van der Waals surface area contributed by atoms with Crippen molar-refractivity contribution in [1.82, 2.24) is 4.68 Å². The summed E-state index contributed by atoms with van der Waals surface area (Å²) < 4.78 is 1.87. The van der Waals surface area contributed by atoms with Crippen LogP contribution >= 0.6 is 0 Å². The Hall–Kier alpha value is -1.05. The van der Waals surface area contributed by atoms with Gasteiger partial charge in [0.15, 0.2) is 0 Å². The highest BCUT2D eigenvalue weighted by molar-refractivity contribution is 5.89. The Morgan fingerprint density at radius 1 is 1.20 bits per heavy atom. The first-order chi connectivity index (χ1) is 4.95. The van der Waals surface area contributed by atoms with Crippen LogP contribution in [-0.4, -0.2) is 10.4 Å². The van der Waals surface area contributed by atoms with Crippen LogP contribution < -0.4 is 0 Å². The molecule has 1 fully saturated rings. The summed E-state index contributed by atoms with van der Waals surface area (Å²) >= 11 is 0. The summed E-state index contributed by atoms with van der Waals surface area (Å²) in [6.45, 7) is 0. The second-order valence-corrected chi connectivity index (χ2v) is 2.58. The van der Waals surface area contributed by atoms with E-state index in [2.05, 4.69) is 5.10 Å². The van der Waals surface area contributed by atoms with Crippen molar-refractivity contribution < 1.29 is 0 Å². The molecule has 1 heterocycles. The predicted octanol–water partition coefficient (Wildman–Crippen LogP) is 1.88. The summed E-state index contributed by atoms with van der Waals surface area (Å²) in [5.41, 5.74) is 1.33. The van der Waals surface area contributed by atoms with Crippen LogP contribution in [0.5, 0.6) is 0 Å². The average molecular weight is 134 g/mol. The number of aromatic nitrogens is 1. The van der Waals surface area contributed by atoms with E-state index in [1.54, 1.807) is 0 Å². The largest absolute Gasteiger partial charge is 0.248 e. The lowest BCUT2D eigenvalue weighted by Gasteiger charge is -2.13. The normalized spacial score (nSPS) is 16.6. The maximum atomic E-state index is 4.36. The first kappa shape index (κ1) is 5.71. The van der Waals surface area contributed by atoms with Gasteiger partial charge in [-0.1, -0.05) is 0 Å². The predicted molar refractivity (Wildman–Crippen MR) is 41.1 cm³/mol. The van der Waals surface area contributed by atoms with Crippen LogP contribution in [0.3, 0.4) is 0 Å². The minimum absolute atomic E-state index is 1.19.